The van der Waals surface area contributed by atoms with E-state index in [-0.39, 0.29) is 5.91 Å². The normalized spacial score (nSPS) is 19.2. The number of likely N-dealkylation sites (tertiary alicyclic amines) is 1. The van der Waals surface area contributed by atoms with Crippen LogP contribution in [0.1, 0.15) is 19.8 Å². The van der Waals surface area contributed by atoms with Crippen molar-refractivity contribution in [3.63, 3.8) is 0 Å². The first-order valence-corrected chi connectivity index (χ1v) is 5.80. The highest BCUT2D eigenvalue weighted by Gasteiger charge is 2.39. The van der Waals surface area contributed by atoms with Gasteiger partial charge >= 0.3 is 0 Å². The third-order valence-electron chi connectivity index (χ3n) is 2.91. The average Bonchev–Trinajstić information content (AvgIpc) is 2.22. The molecule has 1 saturated heterocycles. The Kier molecular flexibility index (Phi) is 5.18. The van der Waals surface area contributed by atoms with Crippen LogP contribution in [0.3, 0.4) is 0 Å². The Morgan fingerprint density at radius 1 is 1.56 bits per heavy atom. The standard InChI is InChI=1S/C11H22N2O3/c1-3-11(15)8-13(9-11)7-10(14)12-5-4-6-16-2/h15H,3-9H2,1-2H3,(H,12,14). The Hall–Kier alpha value is -0.650. The molecular formula is C11H22N2O3. The van der Waals surface area contributed by atoms with Crippen LogP contribution >= 0.6 is 0 Å². The second kappa shape index (κ2) is 6.18. The van der Waals surface area contributed by atoms with E-state index in [1.165, 1.54) is 0 Å². The summed E-state index contributed by atoms with van der Waals surface area (Å²) in [7, 11) is 1.65. The zero-order valence-corrected chi connectivity index (χ0v) is 10.2. The summed E-state index contributed by atoms with van der Waals surface area (Å²) in [6, 6.07) is 0. The van der Waals surface area contributed by atoms with Crippen LogP contribution in [-0.2, 0) is 9.53 Å². The molecule has 0 aromatic heterocycles. The third-order valence-corrected chi connectivity index (χ3v) is 2.91. The highest BCUT2D eigenvalue weighted by Crippen LogP contribution is 2.23. The molecule has 16 heavy (non-hydrogen) atoms. The molecule has 94 valence electrons. The highest BCUT2D eigenvalue weighted by molar-refractivity contribution is 5.78. The molecule has 0 unspecified atom stereocenters. The monoisotopic (exact) mass is 230 g/mol. The number of amides is 1. The minimum Gasteiger partial charge on any atom is -0.387 e. The maximum atomic E-state index is 11.4. The van der Waals surface area contributed by atoms with Crippen molar-refractivity contribution in [3.05, 3.63) is 0 Å². The second-order valence-corrected chi connectivity index (χ2v) is 4.42. The fourth-order valence-corrected chi connectivity index (χ4v) is 1.82. The van der Waals surface area contributed by atoms with E-state index in [1.807, 2.05) is 11.8 Å². The summed E-state index contributed by atoms with van der Waals surface area (Å²) in [6.45, 7) is 4.87. The molecule has 1 rings (SSSR count). The van der Waals surface area contributed by atoms with Crippen molar-refractivity contribution in [2.75, 3.05) is 39.9 Å². The molecule has 1 aliphatic heterocycles. The summed E-state index contributed by atoms with van der Waals surface area (Å²) in [5.74, 6) is 0.0225. The van der Waals surface area contributed by atoms with Crippen LogP contribution < -0.4 is 5.32 Å². The molecule has 0 aliphatic carbocycles. The topological polar surface area (TPSA) is 61.8 Å². The van der Waals surface area contributed by atoms with E-state index in [0.29, 0.717) is 32.8 Å². The van der Waals surface area contributed by atoms with Gasteiger partial charge in [-0.3, -0.25) is 9.69 Å². The van der Waals surface area contributed by atoms with Crippen LogP contribution in [0.2, 0.25) is 0 Å². The molecule has 0 radical (unpaired) electrons. The van der Waals surface area contributed by atoms with E-state index in [4.69, 9.17) is 4.74 Å². The molecule has 1 fully saturated rings. The molecule has 0 aromatic carbocycles. The maximum Gasteiger partial charge on any atom is 0.234 e. The van der Waals surface area contributed by atoms with E-state index in [0.717, 1.165) is 12.8 Å². The lowest BCUT2D eigenvalue weighted by Gasteiger charge is -2.45. The average molecular weight is 230 g/mol. The molecular weight excluding hydrogens is 208 g/mol. The molecule has 2 N–H and O–H groups in total. The summed E-state index contributed by atoms with van der Waals surface area (Å²) in [5.41, 5.74) is -0.559. The maximum absolute atomic E-state index is 11.4. The first-order chi connectivity index (χ1) is 7.59. The van der Waals surface area contributed by atoms with E-state index in [1.54, 1.807) is 7.11 Å². The number of β-amino-alcohol motifs (C(OH)–C–C–N with tert-alkyl or cyclic N) is 1. The van der Waals surface area contributed by atoms with Crippen LogP contribution in [-0.4, -0.2) is 61.4 Å². The Morgan fingerprint density at radius 3 is 2.81 bits per heavy atom. The number of ether oxygens (including phenoxy) is 1. The van der Waals surface area contributed by atoms with Crippen molar-refractivity contribution in [2.24, 2.45) is 0 Å². The molecule has 0 atom stereocenters. The van der Waals surface area contributed by atoms with Gasteiger partial charge in [0.2, 0.25) is 5.91 Å². The van der Waals surface area contributed by atoms with Gasteiger partial charge in [-0.15, -0.1) is 0 Å². The third kappa shape index (κ3) is 4.08. The van der Waals surface area contributed by atoms with Crippen LogP contribution in [0.5, 0.6) is 0 Å². The van der Waals surface area contributed by atoms with Gasteiger partial charge in [-0.2, -0.15) is 0 Å². The second-order valence-electron chi connectivity index (χ2n) is 4.42. The first-order valence-electron chi connectivity index (χ1n) is 5.80. The van der Waals surface area contributed by atoms with Crippen molar-refractivity contribution in [1.29, 1.82) is 0 Å². The van der Waals surface area contributed by atoms with Gasteiger partial charge in [0, 0.05) is 33.4 Å². The predicted molar refractivity (Wildman–Crippen MR) is 61.2 cm³/mol. The summed E-state index contributed by atoms with van der Waals surface area (Å²) in [5, 5.41) is 12.6. The molecule has 0 aromatic rings. The van der Waals surface area contributed by atoms with Crippen molar-refractivity contribution >= 4 is 5.91 Å². The van der Waals surface area contributed by atoms with Crippen molar-refractivity contribution in [2.45, 2.75) is 25.4 Å². The molecule has 1 heterocycles. The Balaban J connectivity index is 2.04. The van der Waals surface area contributed by atoms with Crippen LogP contribution in [0.4, 0.5) is 0 Å². The molecule has 5 heteroatoms. The number of carbonyl (C=O) groups is 1. The van der Waals surface area contributed by atoms with Gasteiger partial charge in [-0.25, -0.2) is 0 Å². The summed E-state index contributed by atoms with van der Waals surface area (Å²) in [4.78, 5) is 13.4. The molecule has 0 spiro atoms. The van der Waals surface area contributed by atoms with Crippen LogP contribution in [0.15, 0.2) is 0 Å². The van der Waals surface area contributed by atoms with E-state index >= 15 is 0 Å². The Labute approximate surface area is 96.8 Å². The fraction of sp³-hybridized carbons (Fsp3) is 0.909. The van der Waals surface area contributed by atoms with Gasteiger partial charge < -0.3 is 15.2 Å². The summed E-state index contributed by atoms with van der Waals surface area (Å²) in [6.07, 6.45) is 1.58. The number of methoxy groups -OCH3 is 1. The Morgan fingerprint density at radius 2 is 2.25 bits per heavy atom. The first kappa shape index (κ1) is 13.4. The lowest BCUT2D eigenvalue weighted by atomic mass is 9.91. The van der Waals surface area contributed by atoms with E-state index in [2.05, 4.69) is 5.32 Å². The van der Waals surface area contributed by atoms with Gasteiger partial charge in [0.25, 0.3) is 0 Å². The SMILES string of the molecule is CCC1(O)CN(CC(=O)NCCCOC)C1. The molecule has 1 amide bonds. The summed E-state index contributed by atoms with van der Waals surface area (Å²) < 4.78 is 4.88. The fourth-order valence-electron chi connectivity index (χ4n) is 1.82. The lowest BCUT2D eigenvalue weighted by Crippen LogP contribution is -2.63. The highest BCUT2D eigenvalue weighted by atomic mass is 16.5. The quantitative estimate of drug-likeness (QED) is 0.584. The largest absolute Gasteiger partial charge is 0.387 e. The van der Waals surface area contributed by atoms with Crippen LogP contribution in [0, 0.1) is 0 Å². The number of nitrogens with one attached hydrogen (secondary N) is 1. The van der Waals surface area contributed by atoms with E-state index < -0.39 is 5.60 Å². The van der Waals surface area contributed by atoms with Crippen molar-refractivity contribution < 1.29 is 14.6 Å². The van der Waals surface area contributed by atoms with Gasteiger partial charge in [-0.1, -0.05) is 6.92 Å². The number of carbonyl (C=O) groups excluding carboxylic acids is 1. The van der Waals surface area contributed by atoms with E-state index in [9.17, 15) is 9.90 Å². The number of hydrogen-bond donors (Lipinski definition) is 2. The number of aliphatic hydroxyl groups is 1. The number of hydrogen-bond acceptors (Lipinski definition) is 4. The van der Waals surface area contributed by atoms with Gasteiger partial charge in [0.05, 0.1) is 12.1 Å². The van der Waals surface area contributed by atoms with Crippen molar-refractivity contribution in [3.8, 4) is 0 Å². The molecule has 5 nitrogen and oxygen atoms in total. The molecule has 0 saturated carbocycles. The van der Waals surface area contributed by atoms with Gasteiger partial charge in [0.1, 0.15) is 0 Å². The lowest BCUT2D eigenvalue weighted by molar-refractivity contribution is -0.132. The van der Waals surface area contributed by atoms with Gasteiger partial charge in [0.15, 0.2) is 0 Å². The zero-order chi connectivity index (χ0) is 12.0. The Bertz CT molecular complexity index is 227. The molecule has 1 aliphatic rings. The number of rotatable bonds is 7. The molecule has 0 bridgehead atoms. The van der Waals surface area contributed by atoms with Gasteiger partial charge in [-0.05, 0) is 12.8 Å². The number of nitrogens with zero attached hydrogens (tertiary/aromatic N) is 1. The van der Waals surface area contributed by atoms with Crippen LogP contribution in [0.25, 0.3) is 0 Å². The predicted octanol–water partition coefficient (Wildman–Crippen LogP) is -0.404. The van der Waals surface area contributed by atoms with Crippen molar-refractivity contribution in [1.82, 2.24) is 10.2 Å². The minimum atomic E-state index is -0.559. The smallest absolute Gasteiger partial charge is 0.234 e. The zero-order valence-electron chi connectivity index (χ0n) is 10.2. The summed E-state index contributed by atoms with van der Waals surface area (Å²) >= 11 is 0. The minimum absolute atomic E-state index is 0.0225.